The second-order valence-corrected chi connectivity index (χ2v) is 7.15. The van der Waals surface area contributed by atoms with Crippen LogP contribution in [0.4, 0.5) is 22.0 Å². The van der Waals surface area contributed by atoms with Crippen molar-refractivity contribution in [1.29, 1.82) is 0 Å². The van der Waals surface area contributed by atoms with Crippen LogP contribution in [0.2, 0.25) is 0 Å². The molecule has 1 aliphatic heterocycles. The maximum atomic E-state index is 13.3. The first-order chi connectivity index (χ1) is 10.3. The van der Waals surface area contributed by atoms with Crippen molar-refractivity contribution < 1.29 is 49.2 Å². The lowest BCUT2D eigenvalue weighted by Crippen LogP contribution is -2.53. The van der Waals surface area contributed by atoms with Gasteiger partial charge in [-0.05, 0) is 25.7 Å². The second kappa shape index (κ2) is 5.52. The summed E-state index contributed by atoms with van der Waals surface area (Å²) in [5, 5.41) is -5.71. The molecule has 1 aliphatic carbocycles. The summed E-state index contributed by atoms with van der Waals surface area (Å²) in [4.78, 5) is 11.8. The Labute approximate surface area is 127 Å². The zero-order valence-corrected chi connectivity index (χ0v) is 12.3. The van der Waals surface area contributed by atoms with Crippen LogP contribution in [-0.4, -0.2) is 48.7 Å². The topological polar surface area (TPSA) is 93.2 Å². The zero-order valence-electron chi connectivity index (χ0n) is 11.5. The number of rotatable bonds is 4. The summed E-state index contributed by atoms with van der Waals surface area (Å²) < 4.78 is 103. The SMILES string of the molecule is O=C(OC(C(F)(F)F)C(F)(F)S(=O)(=O)O)C1CCCC2(CO2)C1. The molecule has 0 aromatic heterocycles. The predicted molar refractivity (Wildman–Crippen MR) is 63.1 cm³/mol. The molecule has 3 atom stereocenters. The quantitative estimate of drug-likeness (QED) is 0.353. The van der Waals surface area contributed by atoms with Crippen molar-refractivity contribution in [2.24, 2.45) is 5.92 Å². The molecule has 2 rings (SSSR count). The number of ether oxygens (including phenoxy) is 2. The standard InChI is InChI=1S/C11H13F5O6S/c12-10(13,14)8(11(15,16)23(18,19)20)22-7(17)6-2-1-3-9(4-6)5-21-9/h6,8H,1-5H2,(H,18,19,20). The first-order valence-corrected chi connectivity index (χ1v) is 7.98. The first-order valence-electron chi connectivity index (χ1n) is 6.54. The molecule has 1 saturated carbocycles. The molecule has 0 aromatic rings. The number of carbonyl (C=O) groups is 1. The van der Waals surface area contributed by atoms with Crippen LogP contribution in [0, 0.1) is 5.92 Å². The second-order valence-electron chi connectivity index (χ2n) is 5.66. The van der Waals surface area contributed by atoms with Crippen molar-refractivity contribution in [2.45, 2.75) is 48.8 Å². The first kappa shape index (κ1) is 18.3. The molecule has 1 heterocycles. The molecule has 134 valence electrons. The highest BCUT2D eigenvalue weighted by Gasteiger charge is 2.66. The van der Waals surface area contributed by atoms with E-state index >= 15 is 0 Å². The minimum absolute atomic E-state index is 0.0217. The number of hydrogen-bond acceptors (Lipinski definition) is 5. The van der Waals surface area contributed by atoms with Gasteiger partial charge in [0.1, 0.15) is 0 Å². The molecule has 6 nitrogen and oxygen atoms in total. The van der Waals surface area contributed by atoms with Crippen LogP contribution in [0.1, 0.15) is 25.7 Å². The molecule has 0 aromatic carbocycles. The Balaban J connectivity index is 2.16. The van der Waals surface area contributed by atoms with Crippen LogP contribution in [0.5, 0.6) is 0 Å². The summed E-state index contributed by atoms with van der Waals surface area (Å²) in [5.74, 6) is -2.70. The van der Waals surface area contributed by atoms with Crippen LogP contribution in [0.25, 0.3) is 0 Å². The van der Waals surface area contributed by atoms with E-state index in [4.69, 9.17) is 9.29 Å². The normalized spacial score (nSPS) is 30.1. The van der Waals surface area contributed by atoms with Gasteiger partial charge < -0.3 is 9.47 Å². The molecule has 3 unspecified atom stereocenters. The van der Waals surface area contributed by atoms with E-state index in [1.807, 2.05) is 0 Å². The highest BCUT2D eigenvalue weighted by molar-refractivity contribution is 7.86. The summed E-state index contributed by atoms with van der Waals surface area (Å²) in [7, 11) is -6.43. The van der Waals surface area contributed by atoms with Crippen LogP contribution >= 0.6 is 0 Å². The fourth-order valence-electron chi connectivity index (χ4n) is 2.56. The predicted octanol–water partition coefficient (Wildman–Crippen LogP) is 1.90. The lowest BCUT2D eigenvalue weighted by molar-refractivity contribution is -0.261. The monoisotopic (exact) mass is 368 g/mol. The average molecular weight is 368 g/mol. The molecule has 1 saturated heterocycles. The van der Waals surface area contributed by atoms with Crippen molar-refractivity contribution in [3.63, 3.8) is 0 Å². The van der Waals surface area contributed by atoms with E-state index < -0.39 is 45.1 Å². The van der Waals surface area contributed by atoms with Crippen molar-refractivity contribution in [3.8, 4) is 0 Å². The molecule has 1 N–H and O–H groups in total. The Morgan fingerprint density at radius 1 is 1.30 bits per heavy atom. The van der Waals surface area contributed by atoms with E-state index in [-0.39, 0.29) is 12.8 Å². The van der Waals surface area contributed by atoms with Gasteiger partial charge in [0.25, 0.3) is 6.10 Å². The summed E-state index contributed by atoms with van der Waals surface area (Å²) in [6.45, 7) is 0.320. The molecule has 23 heavy (non-hydrogen) atoms. The molecule has 0 amide bonds. The molecule has 1 spiro atoms. The Morgan fingerprint density at radius 2 is 1.87 bits per heavy atom. The molecule has 2 fully saturated rings. The number of esters is 1. The van der Waals surface area contributed by atoms with Crippen molar-refractivity contribution in [2.75, 3.05) is 6.61 Å². The van der Waals surface area contributed by atoms with E-state index in [1.54, 1.807) is 0 Å². The van der Waals surface area contributed by atoms with Gasteiger partial charge in [-0.2, -0.15) is 30.4 Å². The average Bonchev–Trinajstić information content (AvgIpc) is 3.11. The summed E-state index contributed by atoms with van der Waals surface area (Å²) in [6.07, 6.45) is -8.99. The number of carbonyl (C=O) groups excluding carboxylic acids is 1. The number of hydrogen-bond donors (Lipinski definition) is 1. The molecule has 2 aliphatic rings. The fourth-order valence-corrected chi connectivity index (χ4v) is 3.02. The molecule has 0 bridgehead atoms. The van der Waals surface area contributed by atoms with Gasteiger partial charge >= 0.3 is 27.5 Å². The maximum Gasteiger partial charge on any atom is 0.432 e. The fraction of sp³-hybridized carbons (Fsp3) is 0.909. The van der Waals surface area contributed by atoms with Crippen LogP contribution in [-0.2, 0) is 24.4 Å². The minimum atomic E-state index is -6.43. The van der Waals surface area contributed by atoms with Crippen molar-refractivity contribution in [3.05, 3.63) is 0 Å². The van der Waals surface area contributed by atoms with Gasteiger partial charge in [0.15, 0.2) is 0 Å². The lowest BCUT2D eigenvalue weighted by Gasteiger charge is -2.30. The number of alkyl halides is 5. The zero-order chi connectivity index (χ0) is 17.7. The molecule has 0 radical (unpaired) electrons. The molecular formula is C11H13F5O6S. The van der Waals surface area contributed by atoms with Gasteiger partial charge in [-0.1, -0.05) is 0 Å². The third-order valence-corrected chi connectivity index (χ3v) is 4.77. The lowest BCUT2D eigenvalue weighted by atomic mass is 9.81. The largest absolute Gasteiger partial charge is 0.444 e. The van der Waals surface area contributed by atoms with Gasteiger partial charge in [0, 0.05) is 0 Å². The summed E-state index contributed by atoms with van der Waals surface area (Å²) >= 11 is 0. The van der Waals surface area contributed by atoms with Gasteiger partial charge in [0.2, 0.25) is 0 Å². The third-order valence-electron chi connectivity index (χ3n) is 3.87. The minimum Gasteiger partial charge on any atom is -0.444 e. The van der Waals surface area contributed by atoms with E-state index in [0.29, 0.717) is 19.4 Å². The number of epoxide rings is 1. The third kappa shape index (κ3) is 3.74. The molecule has 12 heteroatoms. The van der Waals surface area contributed by atoms with Crippen molar-refractivity contribution >= 4 is 16.1 Å². The van der Waals surface area contributed by atoms with Gasteiger partial charge in [-0.15, -0.1) is 0 Å². The van der Waals surface area contributed by atoms with Crippen LogP contribution in [0.15, 0.2) is 0 Å². The smallest absolute Gasteiger partial charge is 0.432 e. The van der Waals surface area contributed by atoms with Gasteiger partial charge in [-0.3, -0.25) is 9.35 Å². The van der Waals surface area contributed by atoms with E-state index in [1.165, 1.54) is 0 Å². The highest BCUT2D eigenvalue weighted by atomic mass is 32.2. The van der Waals surface area contributed by atoms with Gasteiger partial charge in [-0.25, -0.2) is 0 Å². The van der Waals surface area contributed by atoms with E-state index in [9.17, 15) is 35.2 Å². The highest BCUT2D eigenvalue weighted by Crippen LogP contribution is 2.45. The Morgan fingerprint density at radius 3 is 2.30 bits per heavy atom. The molecular weight excluding hydrogens is 355 g/mol. The Hall–Kier alpha value is -1.01. The maximum absolute atomic E-state index is 13.3. The van der Waals surface area contributed by atoms with Crippen molar-refractivity contribution in [1.82, 2.24) is 0 Å². The van der Waals surface area contributed by atoms with E-state index in [2.05, 4.69) is 4.74 Å². The summed E-state index contributed by atoms with van der Waals surface area (Å²) in [6, 6.07) is 0. The number of halogens is 5. The Bertz CT molecular complexity index is 582. The van der Waals surface area contributed by atoms with Gasteiger partial charge in [0.05, 0.1) is 18.1 Å². The summed E-state index contributed by atoms with van der Waals surface area (Å²) in [5.41, 5.74) is -0.624. The van der Waals surface area contributed by atoms with E-state index in [0.717, 1.165) is 0 Å². The van der Waals surface area contributed by atoms with Crippen LogP contribution in [0.3, 0.4) is 0 Å². The van der Waals surface area contributed by atoms with Crippen LogP contribution < -0.4 is 0 Å². The Kier molecular flexibility index (Phi) is 4.40.